The van der Waals surface area contributed by atoms with Gasteiger partial charge in [-0.15, -0.1) is 0 Å². The quantitative estimate of drug-likeness (QED) is 0.492. The first kappa shape index (κ1) is 23.9. The van der Waals surface area contributed by atoms with E-state index >= 15 is 0 Å². The zero-order valence-electron chi connectivity index (χ0n) is 21.2. The molecule has 3 heterocycles. The van der Waals surface area contributed by atoms with Gasteiger partial charge in [0.15, 0.2) is 0 Å². The van der Waals surface area contributed by atoms with Gasteiger partial charge in [0.05, 0.1) is 11.0 Å². The highest BCUT2D eigenvalue weighted by atomic mass is 16.1. The number of rotatable bonds is 7. The van der Waals surface area contributed by atoms with Crippen LogP contribution in [-0.4, -0.2) is 53.1 Å². The Bertz CT molecular complexity index is 1120. The van der Waals surface area contributed by atoms with Crippen molar-refractivity contribution in [2.24, 2.45) is 5.92 Å². The fourth-order valence-electron chi connectivity index (χ4n) is 5.49. The van der Waals surface area contributed by atoms with Crippen LogP contribution in [0.25, 0.3) is 11.0 Å². The number of carbonyl (C=O) groups excluding carboxylic acids is 1. The minimum Gasteiger partial charge on any atom is -0.342 e. The molecule has 1 N–H and O–H groups in total. The third kappa shape index (κ3) is 5.53. The lowest BCUT2D eigenvalue weighted by atomic mass is 9.96. The highest BCUT2D eigenvalue weighted by molar-refractivity contribution is 5.92. The van der Waals surface area contributed by atoms with E-state index in [9.17, 15) is 4.79 Å². The molecule has 2 aliphatic rings. The Kier molecular flexibility index (Phi) is 7.37. The fourth-order valence-corrected chi connectivity index (χ4v) is 5.49. The molecule has 2 aliphatic heterocycles. The number of carbonyl (C=O) groups is 1. The second kappa shape index (κ2) is 10.8. The summed E-state index contributed by atoms with van der Waals surface area (Å²) < 4.78 is 2.40. The molecule has 0 saturated carbocycles. The standard InChI is InChI=1S/C29H39N5O/c1-22(2)23-10-12-25(13-11-23)30-28(35)24-14-18-33(19-15-24)29-31-26-8-4-5-9-27(26)34(29)21-20-32-16-6-3-7-17-32/h4-5,8-13,22,24H,3,6-7,14-21H2,1-2H3,(H,30,35). The number of benzene rings is 2. The van der Waals surface area contributed by atoms with E-state index in [4.69, 9.17) is 4.98 Å². The highest BCUT2D eigenvalue weighted by Gasteiger charge is 2.28. The monoisotopic (exact) mass is 473 g/mol. The summed E-state index contributed by atoms with van der Waals surface area (Å²) in [6.07, 6.45) is 5.70. The van der Waals surface area contributed by atoms with Gasteiger partial charge in [0.25, 0.3) is 0 Å². The molecule has 6 heteroatoms. The highest BCUT2D eigenvalue weighted by Crippen LogP contribution is 2.28. The van der Waals surface area contributed by atoms with E-state index in [0.717, 1.165) is 56.2 Å². The second-order valence-electron chi connectivity index (χ2n) is 10.5. The molecule has 6 nitrogen and oxygen atoms in total. The molecule has 0 bridgehead atoms. The van der Waals surface area contributed by atoms with Crippen LogP contribution in [0.3, 0.4) is 0 Å². The average Bonchev–Trinajstić information content (AvgIpc) is 3.27. The van der Waals surface area contributed by atoms with Crippen LogP contribution in [0.5, 0.6) is 0 Å². The van der Waals surface area contributed by atoms with Crippen molar-refractivity contribution in [1.82, 2.24) is 14.5 Å². The summed E-state index contributed by atoms with van der Waals surface area (Å²) in [6, 6.07) is 16.7. The minimum absolute atomic E-state index is 0.0437. The van der Waals surface area contributed by atoms with Crippen molar-refractivity contribution < 1.29 is 4.79 Å². The Morgan fingerprint density at radius 3 is 2.37 bits per heavy atom. The number of para-hydroxylation sites is 2. The van der Waals surface area contributed by atoms with Crippen LogP contribution in [0.2, 0.25) is 0 Å². The van der Waals surface area contributed by atoms with Gasteiger partial charge in [0.1, 0.15) is 0 Å². The van der Waals surface area contributed by atoms with Gasteiger partial charge in [-0.25, -0.2) is 4.98 Å². The first-order valence-electron chi connectivity index (χ1n) is 13.4. The van der Waals surface area contributed by atoms with Crippen molar-refractivity contribution in [3.63, 3.8) is 0 Å². The fraction of sp³-hybridized carbons (Fsp3) is 0.517. The smallest absolute Gasteiger partial charge is 0.227 e. The van der Waals surface area contributed by atoms with Crippen LogP contribution in [0.15, 0.2) is 48.5 Å². The number of anilines is 2. The number of nitrogens with zero attached hydrogens (tertiary/aromatic N) is 4. The Morgan fingerprint density at radius 1 is 0.943 bits per heavy atom. The van der Waals surface area contributed by atoms with E-state index in [1.165, 1.54) is 43.4 Å². The van der Waals surface area contributed by atoms with E-state index in [1.54, 1.807) is 0 Å². The predicted molar refractivity (Wildman–Crippen MR) is 144 cm³/mol. The van der Waals surface area contributed by atoms with E-state index in [1.807, 2.05) is 12.1 Å². The number of amides is 1. The lowest BCUT2D eigenvalue weighted by Crippen LogP contribution is -2.40. The number of piperidine rings is 2. The first-order chi connectivity index (χ1) is 17.1. The number of hydrogen-bond acceptors (Lipinski definition) is 4. The van der Waals surface area contributed by atoms with Gasteiger partial charge in [0.2, 0.25) is 11.9 Å². The van der Waals surface area contributed by atoms with Crippen molar-refractivity contribution in [1.29, 1.82) is 0 Å². The summed E-state index contributed by atoms with van der Waals surface area (Å²) in [5.74, 6) is 1.74. The zero-order valence-corrected chi connectivity index (χ0v) is 21.2. The Balaban J connectivity index is 1.23. The van der Waals surface area contributed by atoms with Crippen molar-refractivity contribution in [3.05, 3.63) is 54.1 Å². The van der Waals surface area contributed by atoms with Gasteiger partial charge in [-0.05, 0) is 74.5 Å². The normalized spacial score (nSPS) is 17.9. The van der Waals surface area contributed by atoms with E-state index in [-0.39, 0.29) is 11.8 Å². The maximum absolute atomic E-state index is 13.0. The van der Waals surface area contributed by atoms with Gasteiger partial charge in [-0.3, -0.25) is 4.79 Å². The summed E-state index contributed by atoms with van der Waals surface area (Å²) in [5.41, 5.74) is 4.45. The lowest BCUT2D eigenvalue weighted by Gasteiger charge is -2.33. The van der Waals surface area contributed by atoms with Gasteiger partial charge >= 0.3 is 0 Å². The molecule has 0 spiro atoms. The third-order valence-electron chi connectivity index (χ3n) is 7.72. The number of aromatic nitrogens is 2. The topological polar surface area (TPSA) is 53.4 Å². The summed E-state index contributed by atoms with van der Waals surface area (Å²) in [5, 5.41) is 3.14. The number of hydrogen-bond donors (Lipinski definition) is 1. The van der Waals surface area contributed by atoms with Crippen LogP contribution in [-0.2, 0) is 11.3 Å². The number of imidazole rings is 1. The van der Waals surface area contributed by atoms with Gasteiger partial charge in [0, 0.05) is 37.8 Å². The molecule has 1 amide bonds. The molecule has 0 unspecified atom stereocenters. The molecule has 2 fully saturated rings. The summed E-state index contributed by atoms with van der Waals surface area (Å²) in [7, 11) is 0. The Morgan fingerprint density at radius 2 is 1.66 bits per heavy atom. The zero-order chi connectivity index (χ0) is 24.2. The molecule has 186 valence electrons. The number of fused-ring (bicyclic) bond motifs is 1. The van der Waals surface area contributed by atoms with Crippen molar-refractivity contribution in [2.45, 2.75) is 58.4 Å². The van der Waals surface area contributed by atoms with Gasteiger partial charge < -0.3 is 19.7 Å². The van der Waals surface area contributed by atoms with E-state index in [0.29, 0.717) is 5.92 Å². The molecule has 2 saturated heterocycles. The summed E-state index contributed by atoms with van der Waals surface area (Å²) in [4.78, 5) is 23.0. The lowest BCUT2D eigenvalue weighted by molar-refractivity contribution is -0.120. The largest absolute Gasteiger partial charge is 0.342 e. The van der Waals surface area contributed by atoms with Crippen LogP contribution in [0.1, 0.15) is 57.4 Å². The predicted octanol–water partition coefficient (Wildman–Crippen LogP) is 5.50. The van der Waals surface area contributed by atoms with Crippen LogP contribution < -0.4 is 10.2 Å². The Hall–Kier alpha value is -2.86. The Labute approximate surface area is 209 Å². The van der Waals surface area contributed by atoms with Crippen LogP contribution in [0.4, 0.5) is 11.6 Å². The second-order valence-corrected chi connectivity index (χ2v) is 10.5. The maximum atomic E-state index is 13.0. The molecule has 0 atom stereocenters. The number of likely N-dealkylation sites (tertiary alicyclic amines) is 1. The molecule has 0 radical (unpaired) electrons. The van der Waals surface area contributed by atoms with E-state index < -0.39 is 0 Å². The molecule has 1 aromatic heterocycles. The van der Waals surface area contributed by atoms with Crippen molar-refractivity contribution in [3.8, 4) is 0 Å². The minimum atomic E-state index is 0.0437. The first-order valence-corrected chi connectivity index (χ1v) is 13.4. The summed E-state index contributed by atoms with van der Waals surface area (Å²) >= 11 is 0. The molecule has 0 aliphatic carbocycles. The van der Waals surface area contributed by atoms with E-state index in [2.05, 4.69) is 69.9 Å². The SMILES string of the molecule is CC(C)c1ccc(NC(=O)C2CCN(c3nc4ccccc4n3CCN3CCCCC3)CC2)cc1. The molecule has 2 aromatic carbocycles. The molecular formula is C29H39N5O. The third-order valence-corrected chi connectivity index (χ3v) is 7.72. The van der Waals surface area contributed by atoms with Crippen LogP contribution >= 0.6 is 0 Å². The molecule has 3 aromatic rings. The van der Waals surface area contributed by atoms with Gasteiger partial charge in [-0.1, -0.05) is 44.5 Å². The number of nitrogens with one attached hydrogen (secondary N) is 1. The van der Waals surface area contributed by atoms with Crippen molar-refractivity contribution in [2.75, 3.05) is 42.9 Å². The maximum Gasteiger partial charge on any atom is 0.227 e. The average molecular weight is 474 g/mol. The molecule has 5 rings (SSSR count). The molecular weight excluding hydrogens is 434 g/mol. The van der Waals surface area contributed by atoms with Crippen LogP contribution in [0, 0.1) is 5.92 Å². The summed E-state index contributed by atoms with van der Waals surface area (Å²) in [6.45, 7) is 10.5. The van der Waals surface area contributed by atoms with Crippen molar-refractivity contribution >= 4 is 28.6 Å². The van der Waals surface area contributed by atoms with Gasteiger partial charge in [-0.2, -0.15) is 0 Å². The molecule has 35 heavy (non-hydrogen) atoms.